The van der Waals surface area contributed by atoms with E-state index >= 15 is 0 Å². The average Bonchev–Trinajstić information content (AvgIpc) is 3.37. The number of hydrogen-bond acceptors (Lipinski definition) is 11. The number of carboxylic acid groups (broad SMARTS) is 1. The first-order valence-electron chi connectivity index (χ1n) is 27.9. The van der Waals surface area contributed by atoms with Gasteiger partial charge in [-0.2, -0.15) is 0 Å². The lowest BCUT2D eigenvalue weighted by atomic mass is 9.98. The summed E-state index contributed by atoms with van der Waals surface area (Å²) in [6.07, 6.45) is 52.1. The molecule has 1 aliphatic heterocycles. The van der Waals surface area contributed by atoms with Crippen molar-refractivity contribution in [2.24, 2.45) is 0 Å². The van der Waals surface area contributed by atoms with E-state index in [9.17, 15) is 34.5 Å². The number of rotatable bonds is 45. The third-order valence-electron chi connectivity index (χ3n) is 11.8. The SMILES string of the molecule is CC/C=C\C/C=C\C/C=C\C/C=C\CCCCCCC(=O)OC1C(OCC(COC(=O)CCCCC/C=C\C/C=C\C/C=C\CC)OC(=O)CCCCCCC/C=C\C/C=C\CCC)OC(C(=O)O)C(O)C1O. The van der Waals surface area contributed by atoms with Gasteiger partial charge < -0.3 is 39.0 Å². The number of ether oxygens (including phenoxy) is 5. The van der Waals surface area contributed by atoms with Gasteiger partial charge in [-0.1, -0.05) is 175 Å². The maximum atomic E-state index is 13.1. The molecule has 1 rings (SSSR count). The zero-order valence-corrected chi connectivity index (χ0v) is 45.1. The first-order chi connectivity index (χ1) is 35.6. The smallest absolute Gasteiger partial charge is 0.335 e. The molecule has 0 aromatic rings. The second-order valence-corrected chi connectivity index (χ2v) is 18.4. The molecule has 0 spiro atoms. The normalized spacial score (nSPS) is 19.2. The van der Waals surface area contributed by atoms with Crippen molar-refractivity contribution in [1.82, 2.24) is 0 Å². The van der Waals surface area contributed by atoms with Crippen LogP contribution < -0.4 is 0 Å². The fraction of sp³-hybridized carbons (Fsp3) is 0.639. The molecule has 0 amide bonds. The Labute approximate surface area is 440 Å². The lowest BCUT2D eigenvalue weighted by Gasteiger charge is -2.40. The summed E-state index contributed by atoms with van der Waals surface area (Å²) in [6.45, 7) is 5.62. The van der Waals surface area contributed by atoms with Gasteiger partial charge in [0.25, 0.3) is 0 Å². The minimum Gasteiger partial charge on any atom is -0.479 e. The third-order valence-corrected chi connectivity index (χ3v) is 11.8. The van der Waals surface area contributed by atoms with Crippen molar-refractivity contribution in [3.63, 3.8) is 0 Å². The van der Waals surface area contributed by atoms with Crippen molar-refractivity contribution in [3.05, 3.63) is 109 Å². The molecular formula is C61H96O12. The number of esters is 3. The summed E-state index contributed by atoms with van der Waals surface area (Å²) in [4.78, 5) is 51.0. The number of hydrogen-bond donors (Lipinski definition) is 3. The van der Waals surface area contributed by atoms with Crippen LogP contribution in [0.15, 0.2) is 109 Å². The van der Waals surface area contributed by atoms with Crippen LogP contribution in [0.4, 0.5) is 0 Å². The van der Waals surface area contributed by atoms with E-state index in [1.165, 1.54) is 0 Å². The van der Waals surface area contributed by atoms with Crippen LogP contribution in [0.1, 0.15) is 201 Å². The molecule has 1 aliphatic rings. The van der Waals surface area contributed by atoms with Crippen LogP contribution in [0.5, 0.6) is 0 Å². The van der Waals surface area contributed by atoms with Crippen LogP contribution in [0.25, 0.3) is 0 Å². The van der Waals surface area contributed by atoms with Crippen LogP contribution in [-0.4, -0.2) is 89.2 Å². The topological polar surface area (TPSA) is 175 Å². The Morgan fingerprint density at radius 2 is 0.863 bits per heavy atom. The fourth-order valence-electron chi connectivity index (χ4n) is 7.59. The maximum absolute atomic E-state index is 13.1. The fourth-order valence-corrected chi connectivity index (χ4v) is 7.59. The lowest BCUT2D eigenvalue weighted by molar-refractivity contribution is -0.301. The van der Waals surface area contributed by atoms with Crippen LogP contribution in [0.2, 0.25) is 0 Å². The van der Waals surface area contributed by atoms with Gasteiger partial charge in [-0.05, 0) is 116 Å². The van der Waals surface area contributed by atoms with E-state index in [1.807, 2.05) is 0 Å². The highest BCUT2D eigenvalue weighted by Crippen LogP contribution is 2.26. The summed E-state index contributed by atoms with van der Waals surface area (Å²) in [7, 11) is 0. The van der Waals surface area contributed by atoms with Gasteiger partial charge in [0.05, 0.1) is 6.61 Å². The van der Waals surface area contributed by atoms with Crippen molar-refractivity contribution in [1.29, 1.82) is 0 Å². The molecule has 6 unspecified atom stereocenters. The van der Waals surface area contributed by atoms with Crippen molar-refractivity contribution >= 4 is 23.9 Å². The van der Waals surface area contributed by atoms with Crippen molar-refractivity contribution in [2.75, 3.05) is 13.2 Å². The molecule has 1 heterocycles. The van der Waals surface area contributed by atoms with Crippen LogP contribution in [-0.2, 0) is 42.9 Å². The third kappa shape index (κ3) is 38.6. The van der Waals surface area contributed by atoms with E-state index in [2.05, 4.69) is 130 Å². The van der Waals surface area contributed by atoms with Gasteiger partial charge in [0.1, 0.15) is 18.8 Å². The van der Waals surface area contributed by atoms with Crippen molar-refractivity contribution in [2.45, 2.75) is 237 Å². The molecule has 12 heteroatoms. The molecule has 73 heavy (non-hydrogen) atoms. The second kappa shape index (κ2) is 48.3. The van der Waals surface area contributed by atoms with Gasteiger partial charge in [0.15, 0.2) is 24.6 Å². The maximum Gasteiger partial charge on any atom is 0.335 e. The predicted octanol–water partition coefficient (Wildman–Crippen LogP) is 13.9. The van der Waals surface area contributed by atoms with Crippen molar-refractivity contribution < 1.29 is 58.2 Å². The molecule has 0 aliphatic carbocycles. The van der Waals surface area contributed by atoms with Crippen molar-refractivity contribution in [3.8, 4) is 0 Å². The summed E-state index contributed by atoms with van der Waals surface area (Å²) in [5.41, 5.74) is 0. The van der Waals surface area contributed by atoms with Gasteiger partial charge >= 0.3 is 23.9 Å². The zero-order valence-electron chi connectivity index (χ0n) is 45.1. The largest absolute Gasteiger partial charge is 0.479 e. The molecule has 412 valence electrons. The van der Waals surface area contributed by atoms with E-state index in [0.29, 0.717) is 19.3 Å². The van der Waals surface area contributed by atoms with E-state index in [1.54, 1.807) is 0 Å². The quantitative estimate of drug-likeness (QED) is 0.0228. The summed E-state index contributed by atoms with van der Waals surface area (Å²) in [5.74, 6) is -3.23. The molecule has 1 saturated heterocycles. The number of carbonyl (C=O) groups excluding carboxylic acids is 3. The Hall–Kier alpha value is -4.62. The highest BCUT2D eigenvalue weighted by Gasteiger charge is 2.50. The number of aliphatic carboxylic acids is 1. The van der Waals surface area contributed by atoms with Crippen LogP contribution in [0, 0.1) is 0 Å². The highest BCUT2D eigenvalue weighted by molar-refractivity contribution is 5.74. The van der Waals surface area contributed by atoms with E-state index in [0.717, 1.165) is 141 Å². The number of allylic oxidation sites excluding steroid dienone is 18. The Kier molecular flexibility index (Phi) is 44.0. The number of carboxylic acids is 1. The zero-order chi connectivity index (χ0) is 53.3. The molecule has 0 bridgehead atoms. The number of carbonyl (C=O) groups is 4. The van der Waals surface area contributed by atoms with Crippen LogP contribution in [0.3, 0.4) is 0 Å². The Balaban J connectivity index is 2.75. The molecule has 1 fully saturated rings. The van der Waals surface area contributed by atoms with Crippen LogP contribution >= 0.6 is 0 Å². The summed E-state index contributed by atoms with van der Waals surface area (Å²) < 4.78 is 28.3. The van der Waals surface area contributed by atoms with Gasteiger partial charge in [0, 0.05) is 19.3 Å². The summed E-state index contributed by atoms with van der Waals surface area (Å²) >= 11 is 0. The van der Waals surface area contributed by atoms with Gasteiger partial charge in [-0.25, -0.2) is 4.79 Å². The standard InChI is InChI=1S/C61H96O12/c1-4-7-10-13-16-19-22-25-26-27-28-31-34-37-40-43-46-49-55(64)72-59-57(66)56(65)58(60(67)68)73-61(59)70-51-52(71-54(63)48-45-42-39-36-33-30-24-21-18-15-12-9-6-3)50-69-53(62)47-44-41-38-35-32-29-23-20-17-14-11-8-5-2/h7-8,10-12,15-17,19-21,24-26,28-29,31-32,52,56-59,61,65-66H,4-6,9,13-14,18,22-23,27,30,33-51H2,1-3H3,(H,67,68)/b10-7-,11-8-,15-12-,19-16-,20-17-,24-21-,26-25-,31-28-,32-29-. The molecule has 6 atom stereocenters. The minimum atomic E-state index is -1.92. The Morgan fingerprint density at radius 3 is 1.33 bits per heavy atom. The number of aliphatic hydroxyl groups is 2. The summed E-state index contributed by atoms with van der Waals surface area (Å²) in [5, 5.41) is 31.4. The Bertz CT molecular complexity index is 1690. The first-order valence-corrected chi connectivity index (χ1v) is 27.9. The van der Waals surface area contributed by atoms with E-state index in [4.69, 9.17) is 23.7 Å². The molecule has 0 saturated carbocycles. The highest BCUT2D eigenvalue weighted by atomic mass is 16.7. The monoisotopic (exact) mass is 1020 g/mol. The summed E-state index contributed by atoms with van der Waals surface area (Å²) in [6, 6.07) is 0. The van der Waals surface area contributed by atoms with E-state index in [-0.39, 0.29) is 25.9 Å². The lowest BCUT2D eigenvalue weighted by Crippen LogP contribution is -2.61. The molecular weight excluding hydrogens is 925 g/mol. The average molecular weight is 1020 g/mol. The van der Waals surface area contributed by atoms with Gasteiger partial charge in [0.2, 0.25) is 0 Å². The predicted molar refractivity (Wildman–Crippen MR) is 294 cm³/mol. The van der Waals surface area contributed by atoms with E-state index < -0.39 is 67.3 Å². The molecule has 0 radical (unpaired) electrons. The minimum absolute atomic E-state index is 0.0222. The number of unbranched alkanes of at least 4 members (excludes halogenated alkanes) is 13. The number of aliphatic hydroxyl groups excluding tert-OH is 2. The van der Waals surface area contributed by atoms with Gasteiger partial charge in [-0.15, -0.1) is 0 Å². The first kappa shape index (κ1) is 66.4. The Morgan fingerprint density at radius 1 is 0.466 bits per heavy atom. The molecule has 12 nitrogen and oxygen atoms in total. The molecule has 0 aromatic heterocycles. The van der Waals surface area contributed by atoms with Gasteiger partial charge in [-0.3, -0.25) is 14.4 Å². The second-order valence-electron chi connectivity index (χ2n) is 18.4. The molecule has 0 aromatic carbocycles. The molecule has 3 N–H and O–H groups in total.